The van der Waals surface area contributed by atoms with E-state index in [1.54, 1.807) is 22.8 Å². The molecule has 4 heterocycles. The molecule has 7 nitrogen and oxygen atoms in total. The molecule has 7 heteroatoms. The van der Waals surface area contributed by atoms with Crippen molar-refractivity contribution in [1.82, 2.24) is 19.6 Å². The SMILES string of the molecule is CCC(CC)N1C[C@]23C=C[C@H](O2)C(C(=O)N(C)CCn2cccn2)C3C1=O. The molecular formula is C20H28N4O3. The Hall–Kier alpha value is -2.15. The van der Waals surface area contributed by atoms with Crippen LogP contribution in [0.3, 0.4) is 0 Å². The summed E-state index contributed by atoms with van der Waals surface area (Å²) in [6.45, 7) is 5.96. The van der Waals surface area contributed by atoms with E-state index >= 15 is 0 Å². The van der Waals surface area contributed by atoms with Gasteiger partial charge in [0.15, 0.2) is 0 Å². The van der Waals surface area contributed by atoms with Gasteiger partial charge in [0.1, 0.15) is 5.60 Å². The van der Waals surface area contributed by atoms with Crippen LogP contribution in [0.4, 0.5) is 0 Å². The van der Waals surface area contributed by atoms with Crippen molar-refractivity contribution in [3.05, 3.63) is 30.6 Å². The zero-order chi connectivity index (χ0) is 19.2. The van der Waals surface area contributed by atoms with Gasteiger partial charge in [-0.15, -0.1) is 0 Å². The molecule has 0 aromatic carbocycles. The molecule has 0 N–H and O–H groups in total. The van der Waals surface area contributed by atoms with Crippen molar-refractivity contribution in [2.75, 3.05) is 20.1 Å². The third kappa shape index (κ3) is 2.79. The molecule has 1 aromatic rings. The smallest absolute Gasteiger partial charge is 0.230 e. The molecule has 2 fully saturated rings. The van der Waals surface area contributed by atoms with E-state index in [0.717, 1.165) is 12.8 Å². The predicted molar refractivity (Wildman–Crippen MR) is 99.7 cm³/mol. The minimum absolute atomic E-state index is 0.0110. The summed E-state index contributed by atoms with van der Waals surface area (Å²) < 4.78 is 8.02. The van der Waals surface area contributed by atoms with E-state index in [2.05, 4.69) is 18.9 Å². The second kappa shape index (κ2) is 6.78. The number of ether oxygens (including phenoxy) is 1. The number of likely N-dealkylation sites (tertiary alicyclic amines) is 1. The van der Waals surface area contributed by atoms with E-state index < -0.39 is 17.4 Å². The van der Waals surface area contributed by atoms with Crippen molar-refractivity contribution in [3.8, 4) is 0 Å². The Morgan fingerprint density at radius 2 is 2.22 bits per heavy atom. The Morgan fingerprint density at radius 1 is 1.44 bits per heavy atom. The van der Waals surface area contributed by atoms with E-state index in [1.165, 1.54) is 0 Å². The number of aromatic nitrogens is 2. The molecule has 0 saturated carbocycles. The summed E-state index contributed by atoms with van der Waals surface area (Å²) in [5, 5.41) is 4.18. The van der Waals surface area contributed by atoms with E-state index in [4.69, 9.17) is 4.74 Å². The van der Waals surface area contributed by atoms with Crippen LogP contribution in [0.1, 0.15) is 26.7 Å². The lowest BCUT2D eigenvalue weighted by Gasteiger charge is -2.29. The summed E-state index contributed by atoms with van der Waals surface area (Å²) in [5.74, 6) is -0.755. The highest BCUT2D eigenvalue weighted by Crippen LogP contribution is 2.52. The van der Waals surface area contributed by atoms with Gasteiger partial charge in [-0.1, -0.05) is 26.0 Å². The Morgan fingerprint density at radius 3 is 2.89 bits per heavy atom. The van der Waals surface area contributed by atoms with Gasteiger partial charge in [-0.2, -0.15) is 5.10 Å². The maximum absolute atomic E-state index is 13.2. The Balaban J connectivity index is 1.51. The van der Waals surface area contributed by atoms with Crippen LogP contribution in [-0.2, 0) is 20.9 Å². The van der Waals surface area contributed by atoms with E-state index in [1.807, 2.05) is 29.3 Å². The van der Waals surface area contributed by atoms with E-state index in [-0.39, 0.29) is 24.0 Å². The monoisotopic (exact) mass is 372 g/mol. The number of carbonyl (C=O) groups is 2. The first-order valence-electron chi connectivity index (χ1n) is 9.90. The number of carbonyl (C=O) groups excluding carboxylic acids is 2. The van der Waals surface area contributed by atoms with Crippen molar-refractivity contribution in [2.45, 2.75) is 51.0 Å². The normalized spacial score (nSPS) is 31.2. The first-order chi connectivity index (χ1) is 13.0. The highest BCUT2D eigenvalue weighted by Gasteiger charge is 2.67. The Kier molecular flexibility index (Phi) is 4.58. The number of amides is 2. The lowest BCUT2D eigenvalue weighted by Crippen LogP contribution is -2.46. The van der Waals surface area contributed by atoms with Gasteiger partial charge in [0.25, 0.3) is 0 Å². The summed E-state index contributed by atoms with van der Waals surface area (Å²) in [5.41, 5.74) is -0.618. The summed E-state index contributed by atoms with van der Waals surface area (Å²) >= 11 is 0. The zero-order valence-corrected chi connectivity index (χ0v) is 16.2. The molecule has 4 atom stereocenters. The maximum atomic E-state index is 13.2. The van der Waals surface area contributed by atoms with Crippen molar-refractivity contribution >= 4 is 11.8 Å². The number of nitrogens with zero attached hydrogens (tertiary/aromatic N) is 4. The van der Waals surface area contributed by atoms with Crippen LogP contribution in [0.2, 0.25) is 0 Å². The van der Waals surface area contributed by atoms with Crippen molar-refractivity contribution < 1.29 is 14.3 Å². The third-order valence-electron chi connectivity index (χ3n) is 6.40. The molecule has 3 aliphatic heterocycles. The highest BCUT2D eigenvalue weighted by atomic mass is 16.5. The predicted octanol–water partition coefficient (Wildman–Crippen LogP) is 1.31. The lowest BCUT2D eigenvalue weighted by molar-refractivity contribution is -0.143. The molecule has 2 bridgehead atoms. The van der Waals surface area contributed by atoms with Crippen LogP contribution in [0.5, 0.6) is 0 Å². The van der Waals surface area contributed by atoms with Crippen LogP contribution in [-0.4, -0.2) is 69.3 Å². The second-order valence-electron chi connectivity index (χ2n) is 7.87. The van der Waals surface area contributed by atoms with Crippen LogP contribution in [0.25, 0.3) is 0 Å². The quantitative estimate of drug-likeness (QED) is 0.677. The minimum Gasteiger partial charge on any atom is -0.360 e. The molecule has 27 heavy (non-hydrogen) atoms. The topological polar surface area (TPSA) is 67.7 Å². The number of rotatable bonds is 7. The third-order valence-corrected chi connectivity index (χ3v) is 6.40. The molecule has 0 radical (unpaired) electrons. The summed E-state index contributed by atoms with van der Waals surface area (Å²) in [6, 6.07) is 2.07. The van der Waals surface area contributed by atoms with Gasteiger partial charge in [0, 0.05) is 32.0 Å². The minimum atomic E-state index is -0.618. The van der Waals surface area contributed by atoms with Gasteiger partial charge in [-0.3, -0.25) is 14.3 Å². The van der Waals surface area contributed by atoms with E-state index in [9.17, 15) is 9.59 Å². The molecular weight excluding hydrogens is 344 g/mol. The average molecular weight is 372 g/mol. The molecule has 3 aliphatic rings. The first kappa shape index (κ1) is 18.2. The zero-order valence-electron chi connectivity index (χ0n) is 16.2. The lowest BCUT2D eigenvalue weighted by atomic mass is 9.76. The van der Waals surface area contributed by atoms with Gasteiger partial charge in [0.2, 0.25) is 11.8 Å². The van der Waals surface area contributed by atoms with Crippen LogP contribution in [0, 0.1) is 11.8 Å². The first-order valence-corrected chi connectivity index (χ1v) is 9.90. The number of likely N-dealkylation sites (N-methyl/N-ethyl adjacent to an activating group) is 1. The standard InChI is InChI=1S/C20H28N4O3/c1-4-14(5-2)24-13-20-8-7-15(27-20)16(17(20)19(24)26)18(25)22(3)11-12-23-10-6-9-21-23/h6-10,14-17H,4-5,11-13H2,1-3H3/t15-,16?,17?,20-/m0/s1. The number of hydrogen-bond acceptors (Lipinski definition) is 4. The maximum Gasteiger partial charge on any atom is 0.230 e. The van der Waals surface area contributed by atoms with E-state index in [0.29, 0.717) is 19.6 Å². The average Bonchev–Trinajstić information content (AvgIpc) is 3.43. The van der Waals surface area contributed by atoms with Gasteiger partial charge in [0.05, 0.1) is 31.0 Å². The molecule has 1 aromatic heterocycles. The summed E-state index contributed by atoms with van der Waals surface area (Å²) in [7, 11) is 1.80. The molecule has 1 spiro atoms. The summed E-state index contributed by atoms with van der Waals surface area (Å²) in [6.07, 6.45) is 9.15. The van der Waals surface area contributed by atoms with Crippen molar-refractivity contribution in [2.24, 2.45) is 11.8 Å². The Labute approximate surface area is 159 Å². The van der Waals surface area contributed by atoms with Gasteiger partial charge in [-0.05, 0) is 18.9 Å². The second-order valence-corrected chi connectivity index (χ2v) is 7.87. The van der Waals surface area contributed by atoms with Gasteiger partial charge < -0.3 is 14.5 Å². The Bertz CT molecular complexity index is 742. The van der Waals surface area contributed by atoms with Crippen LogP contribution >= 0.6 is 0 Å². The highest BCUT2D eigenvalue weighted by molar-refractivity contribution is 5.93. The molecule has 0 aliphatic carbocycles. The summed E-state index contributed by atoms with van der Waals surface area (Å²) in [4.78, 5) is 30.1. The number of fused-ring (bicyclic) bond motifs is 1. The fourth-order valence-corrected chi connectivity index (χ4v) is 4.90. The van der Waals surface area contributed by atoms with Gasteiger partial charge in [-0.25, -0.2) is 0 Å². The van der Waals surface area contributed by atoms with Crippen molar-refractivity contribution in [3.63, 3.8) is 0 Å². The molecule has 146 valence electrons. The number of hydrogen-bond donors (Lipinski definition) is 0. The van der Waals surface area contributed by atoms with Crippen LogP contribution < -0.4 is 0 Å². The van der Waals surface area contributed by atoms with Crippen molar-refractivity contribution in [1.29, 1.82) is 0 Å². The fourth-order valence-electron chi connectivity index (χ4n) is 4.90. The molecule has 4 rings (SSSR count). The largest absolute Gasteiger partial charge is 0.360 e. The van der Waals surface area contributed by atoms with Crippen LogP contribution in [0.15, 0.2) is 30.6 Å². The molecule has 2 unspecified atom stereocenters. The van der Waals surface area contributed by atoms with Gasteiger partial charge >= 0.3 is 0 Å². The molecule has 2 amide bonds. The molecule has 2 saturated heterocycles. The fraction of sp³-hybridized carbons (Fsp3) is 0.650.